The lowest BCUT2D eigenvalue weighted by Gasteiger charge is -2.16. The monoisotopic (exact) mass is 284 g/mol. The average Bonchev–Trinajstić information content (AvgIpc) is 2.43. The summed E-state index contributed by atoms with van der Waals surface area (Å²) in [6, 6.07) is 8.21. The van der Waals surface area contributed by atoms with E-state index in [9.17, 15) is 0 Å². The van der Waals surface area contributed by atoms with Crippen molar-refractivity contribution in [2.75, 3.05) is 6.54 Å². The van der Waals surface area contributed by atoms with Crippen molar-refractivity contribution in [1.29, 1.82) is 0 Å². The Kier molecular flexibility index (Phi) is 4.97. The number of hydrogen-bond acceptors (Lipinski definition) is 3. The van der Waals surface area contributed by atoms with Gasteiger partial charge in [-0.05, 0) is 63.1 Å². The van der Waals surface area contributed by atoms with E-state index in [4.69, 9.17) is 4.74 Å². The van der Waals surface area contributed by atoms with Gasteiger partial charge in [-0.15, -0.1) is 0 Å². The van der Waals surface area contributed by atoms with Crippen LogP contribution < -0.4 is 10.1 Å². The third kappa shape index (κ3) is 3.61. The van der Waals surface area contributed by atoms with Crippen LogP contribution in [-0.2, 0) is 6.54 Å². The molecule has 1 aromatic carbocycles. The number of benzene rings is 1. The van der Waals surface area contributed by atoms with Gasteiger partial charge in [0.2, 0.25) is 5.88 Å². The molecule has 0 aliphatic carbocycles. The van der Waals surface area contributed by atoms with Crippen LogP contribution in [0.15, 0.2) is 24.3 Å². The van der Waals surface area contributed by atoms with Crippen molar-refractivity contribution in [2.24, 2.45) is 0 Å². The van der Waals surface area contributed by atoms with Crippen molar-refractivity contribution in [2.45, 2.75) is 41.2 Å². The minimum Gasteiger partial charge on any atom is -0.438 e. The molecule has 0 saturated carbocycles. The first kappa shape index (κ1) is 15.5. The van der Waals surface area contributed by atoms with Crippen molar-refractivity contribution < 1.29 is 4.74 Å². The molecule has 21 heavy (non-hydrogen) atoms. The smallest absolute Gasteiger partial charge is 0.224 e. The SMILES string of the molecule is CCNCc1c(C)cc(C)nc1Oc1cccc(C)c1C. The fourth-order valence-corrected chi connectivity index (χ4v) is 2.32. The summed E-state index contributed by atoms with van der Waals surface area (Å²) >= 11 is 0. The molecule has 3 nitrogen and oxygen atoms in total. The molecular weight excluding hydrogens is 260 g/mol. The Labute approximate surface area is 127 Å². The minimum atomic E-state index is 0.710. The molecule has 1 aromatic heterocycles. The summed E-state index contributed by atoms with van der Waals surface area (Å²) in [6.45, 7) is 12.1. The normalized spacial score (nSPS) is 10.7. The number of aromatic nitrogens is 1. The molecule has 2 rings (SSSR count). The number of aryl methyl sites for hydroxylation is 3. The van der Waals surface area contributed by atoms with Crippen LogP contribution in [0.4, 0.5) is 0 Å². The van der Waals surface area contributed by atoms with E-state index in [2.05, 4.69) is 50.1 Å². The summed E-state index contributed by atoms with van der Waals surface area (Å²) in [7, 11) is 0. The highest BCUT2D eigenvalue weighted by Gasteiger charge is 2.12. The molecule has 0 radical (unpaired) electrons. The van der Waals surface area contributed by atoms with E-state index >= 15 is 0 Å². The molecule has 112 valence electrons. The molecule has 0 unspecified atom stereocenters. The summed E-state index contributed by atoms with van der Waals surface area (Å²) in [5, 5.41) is 3.36. The quantitative estimate of drug-likeness (QED) is 0.892. The van der Waals surface area contributed by atoms with Crippen LogP contribution in [0.5, 0.6) is 11.6 Å². The van der Waals surface area contributed by atoms with Gasteiger partial charge in [0.05, 0.1) is 0 Å². The van der Waals surface area contributed by atoms with Crippen molar-refractivity contribution in [1.82, 2.24) is 10.3 Å². The van der Waals surface area contributed by atoms with Gasteiger partial charge in [-0.1, -0.05) is 19.1 Å². The number of rotatable bonds is 5. The summed E-state index contributed by atoms with van der Waals surface area (Å²) < 4.78 is 6.13. The third-order valence-corrected chi connectivity index (χ3v) is 3.75. The number of nitrogens with one attached hydrogen (secondary N) is 1. The molecule has 0 atom stereocenters. The van der Waals surface area contributed by atoms with Crippen molar-refractivity contribution in [3.63, 3.8) is 0 Å². The zero-order valence-corrected chi connectivity index (χ0v) is 13.6. The summed E-state index contributed by atoms with van der Waals surface area (Å²) in [6.07, 6.45) is 0. The van der Waals surface area contributed by atoms with Gasteiger partial charge in [-0.2, -0.15) is 0 Å². The fraction of sp³-hybridized carbons (Fsp3) is 0.389. The minimum absolute atomic E-state index is 0.710. The van der Waals surface area contributed by atoms with Gasteiger partial charge in [0.1, 0.15) is 5.75 Å². The van der Waals surface area contributed by atoms with Crippen molar-refractivity contribution in [3.05, 3.63) is 52.2 Å². The highest BCUT2D eigenvalue weighted by Crippen LogP contribution is 2.29. The van der Waals surface area contributed by atoms with Crippen molar-refractivity contribution >= 4 is 0 Å². The number of nitrogens with zero attached hydrogens (tertiary/aromatic N) is 1. The standard InChI is InChI=1S/C18H24N2O/c1-6-19-11-16-13(3)10-14(4)20-18(16)21-17-9-7-8-12(2)15(17)5/h7-10,19H,6,11H2,1-5H3. The van der Waals surface area contributed by atoms with Crippen LogP contribution in [0.1, 0.15) is 34.9 Å². The third-order valence-electron chi connectivity index (χ3n) is 3.75. The Hall–Kier alpha value is -1.87. The molecule has 0 saturated heterocycles. The van der Waals surface area contributed by atoms with E-state index in [0.29, 0.717) is 5.88 Å². The van der Waals surface area contributed by atoms with E-state index in [1.165, 1.54) is 11.1 Å². The topological polar surface area (TPSA) is 34.2 Å². The van der Waals surface area contributed by atoms with Crippen LogP contribution in [0.25, 0.3) is 0 Å². The van der Waals surface area contributed by atoms with Gasteiger partial charge in [-0.25, -0.2) is 4.98 Å². The lowest BCUT2D eigenvalue weighted by atomic mass is 10.1. The molecule has 0 bridgehead atoms. The molecule has 0 spiro atoms. The first-order chi connectivity index (χ1) is 10.0. The molecular formula is C18H24N2O. The lowest BCUT2D eigenvalue weighted by Crippen LogP contribution is -2.14. The molecule has 1 N–H and O–H groups in total. The average molecular weight is 284 g/mol. The van der Waals surface area contributed by atoms with E-state index in [-0.39, 0.29) is 0 Å². The summed E-state index contributed by atoms with van der Waals surface area (Å²) in [5.74, 6) is 1.59. The molecule has 0 amide bonds. The second kappa shape index (κ2) is 6.72. The maximum absolute atomic E-state index is 6.13. The summed E-state index contributed by atoms with van der Waals surface area (Å²) in [4.78, 5) is 4.59. The van der Waals surface area contributed by atoms with E-state index in [0.717, 1.165) is 35.7 Å². The molecule has 0 aliphatic heterocycles. The van der Waals surface area contributed by atoms with Gasteiger partial charge in [0.15, 0.2) is 0 Å². The van der Waals surface area contributed by atoms with Crippen LogP contribution in [0, 0.1) is 27.7 Å². The largest absolute Gasteiger partial charge is 0.438 e. The maximum atomic E-state index is 6.13. The zero-order chi connectivity index (χ0) is 15.4. The Balaban J connectivity index is 2.40. The number of ether oxygens (including phenoxy) is 1. The summed E-state index contributed by atoms with van der Waals surface area (Å²) in [5.41, 5.74) is 5.71. The highest BCUT2D eigenvalue weighted by molar-refractivity contribution is 5.43. The molecule has 2 aromatic rings. The second-order valence-electron chi connectivity index (χ2n) is 5.44. The van der Waals surface area contributed by atoms with Crippen LogP contribution in [0.3, 0.4) is 0 Å². The zero-order valence-electron chi connectivity index (χ0n) is 13.6. The van der Waals surface area contributed by atoms with Gasteiger partial charge < -0.3 is 10.1 Å². The lowest BCUT2D eigenvalue weighted by molar-refractivity contribution is 0.447. The molecule has 1 heterocycles. The Morgan fingerprint density at radius 2 is 1.86 bits per heavy atom. The molecule has 0 aliphatic rings. The predicted molar refractivity (Wildman–Crippen MR) is 87.1 cm³/mol. The Morgan fingerprint density at radius 3 is 2.57 bits per heavy atom. The first-order valence-electron chi connectivity index (χ1n) is 7.44. The van der Waals surface area contributed by atoms with E-state index in [1.54, 1.807) is 0 Å². The van der Waals surface area contributed by atoms with Crippen LogP contribution in [0.2, 0.25) is 0 Å². The van der Waals surface area contributed by atoms with Gasteiger partial charge in [0, 0.05) is 17.8 Å². The number of hydrogen-bond donors (Lipinski definition) is 1. The first-order valence-corrected chi connectivity index (χ1v) is 7.44. The van der Waals surface area contributed by atoms with Crippen LogP contribution >= 0.6 is 0 Å². The van der Waals surface area contributed by atoms with Gasteiger partial charge >= 0.3 is 0 Å². The van der Waals surface area contributed by atoms with Crippen LogP contribution in [-0.4, -0.2) is 11.5 Å². The van der Waals surface area contributed by atoms with E-state index < -0.39 is 0 Å². The molecule has 3 heteroatoms. The predicted octanol–water partition coefficient (Wildman–Crippen LogP) is 4.22. The second-order valence-corrected chi connectivity index (χ2v) is 5.44. The highest BCUT2D eigenvalue weighted by atomic mass is 16.5. The Bertz CT molecular complexity index is 635. The van der Waals surface area contributed by atoms with Gasteiger partial charge in [0.25, 0.3) is 0 Å². The van der Waals surface area contributed by atoms with Crippen molar-refractivity contribution in [3.8, 4) is 11.6 Å². The van der Waals surface area contributed by atoms with Gasteiger partial charge in [-0.3, -0.25) is 0 Å². The Morgan fingerprint density at radius 1 is 1.10 bits per heavy atom. The maximum Gasteiger partial charge on any atom is 0.224 e. The molecule has 0 fully saturated rings. The van der Waals surface area contributed by atoms with E-state index in [1.807, 2.05) is 19.1 Å². The number of pyridine rings is 1. The fourth-order valence-electron chi connectivity index (χ4n) is 2.32.